The van der Waals surface area contributed by atoms with E-state index in [-0.39, 0.29) is 12.0 Å². The van der Waals surface area contributed by atoms with E-state index in [9.17, 15) is 4.79 Å². The van der Waals surface area contributed by atoms with Gasteiger partial charge in [0.05, 0.1) is 18.7 Å². The lowest BCUT2D eigenvalue weighted by molar-refractivity contribution is 0.0508. The highest BCUT2D eigenvalue weighted by Gasteiger charge is 2.25. The van der Waals surface area contributed by atoms with Gasteiger partial charge in [-0.15, -0.1) is 5.10 Å². The van der Waals surface area contributed by atoms with Gasteiger partial charge in [-0.1, -0.05) is 18.2 Å². The van der Waals surface area contributed by atoms with E-state index in [1.165, 1.54) is 0 Å². The first-order valence-electron chi connectivity index (χ1n) is 10.8. The van der Waals surface area contributed by atoms with Gasteiger partial charge in [-0.05, 0) is 66.1 Å². The van der Waals surface area contributed by atoms with Crippen LogP contribution in [0.5, 0.6) is 5.75 Å². The summed E-state index contributed by atoms with van der Waals surface area (Å²) < 4.78 is 12.9. The molecule has 0 radical (unpaired) electrons. The molecule has 1 amide bonds. The average molecular weight is 431 g/mol. The van der Waals surface area contributed by atoms with Crippen LogP contribution in [0.2, 0.25) is 0 Å². The first kappa shape index (κ1) is 20.4. The maximum absolute atomic E-state index is 13.5. The molecular weight excluding hydrogens is 406 g/mol. The first-order chi connectivity index (χ1) is 15.6. The van der Waals surface area contributed by atoms with E-state index in [2.05, 4.69) is 39.8 Å². The zero-order chi connectivity index (χ0) is 22.1. The van der Waals surface area contributed by atoms with Crippen LogP contribution < -0.4 is 4.74 Å². The molecule has 1 fully saturated rings. The van der Waals surface area contributed by atoms with Crippen LogP contribution >= 0.6 is 0 Å². The molecule has 0 unspecified atom stereocenters. The number of pyridine rings is 1. The van der Waals surface area contributed by atoms with Crippen molar-refractivity contribution in [3.05, 3.63) is 65.2 Å². The number of hydrogen-bond acceptors (Lipinski definition) is 6. The van der Waals surface area contributed by atoms with Crippen LogP contribution in [0.25, 0.3) is 16.6 Å². The number of tetrazole rings is 1. The number of benzene rings is 2. The molecule has 32 heavy (non-hydrogen) atoms. The monoisotopic (exact) mass is 431 g/mol. The van der Waals surface area contributed by atoms with Gasteiger partial charge >= 0.3 is 0 Å². The zero-order valence-corrected chi connectivity index (χ0v) is 18.2. The highest BCUT2D eigenvalue weighted by atomic mass is 16.5. The number of nitrogens with zero attached hydrogens (tertiary/aromatic N) is 5. The number of hydrogen-bond donors (Lipinski definition) is 0. The Morgan fingerprint density at radius 2 is 2.16 bits per heavy atom. The SMILES string of the molecule is COc1cccc(C(=O)N(Cc2cc3ccc(C)cc3n3nnnc23)C[C@@H]2CCCO2)c1. The van der Waals surface area contributed by atoms with Crippen molar-refractivity contribution >= 4 is 22.5 Å². The number of rotatable bonds is 6. The van der Waals surface area contributed by atoms with Crippen LogP contribution in [-0.2, 0) is 11.3 Å². The van der Waals surface area contributed by atoms with Crippen molar-refractivity contribution in [2.24, 2.45) is 0 Å². The molecule has 2 aromatic carbocycles. The van der Waals surface area contributed by atoms with Gasteiger partial charge in [0.15, 0.2) is 5.65 Å². The number of aromatic nitrogens is 4. The number of carbonyl (C=O) groups excluding carboxylic acids is 1. The Balaban J connectivity index is 1.54. The summed E-state index contributed by atoms with van der Waals surface area (Å²) in [6.45, 7) is 3.67. The summed E-state index contributed by atoms with van der Waals surface area (Å²) >= 11 is 0. The summed E-state index contributed by atoms with van der Waals surface area (Å²) in [6.07, 6.45) is 1.99. The largest absolute Gasteiger partial charge is 0.497 e. The molecule has 8 nitrogen and oxygen atoms in total. The summed E-state index contributed by atoms with van der Waals surface area (Å²) in [4.78, 5) is 15.4. The molecule has 0 aliphatic carbocycles. The highest BCUT2D eigenvalue weighted by molar-refractivity contribution is 5.95. The maximum atomic E-state index is 13.5. The quantitative estimate of drug-likeness (QED) is 0.465. The summed E-state index contributed by atoms with van der Waals surface area (Å²) in [5.41, 5.74) is 4.20. The molecule has 0 N–H and O–H groups in total. The fraction of sp³-hybridized carbons (Fsp3) is 0.333. The number of methoxy groups -OCH3 is 1. The van der Waals surface area contributed by atoms with Crippen LogP contribution in [0.1, 0.15) is 34.3 Å². The van der Waals surface area contributed by atoms with Crippen molar-refractivity contribution < 1.29 is 14.3 Å². The number of aryl methyl sites for hydroxylation is 1. The Kier molecular flexibility index (Phi) is 5.45. The lowest BCUT2D eigenvalue weighted by Crippen LogP contribution is -2.37. The second kappa shape index (κ2) is 8.55. The minimum Gasteiger partial charge on any atom is -0.497 e. The van der Waals surface area contributed by atoms with E-state index in [1.807, 2.05) is 30.0 Å². The molecule has 2 aromatic heterocycles. The van der Waals surface area contributed by atoms with E-state index in [0.29, 0.717) is 30.0 Å². The fourth-order valence-electron chi connectivity index (χ4n) is 4.28. The van der Waals surface area contributed by atoms with Gasteiger partial charge < -0.3 is 14.4 Å². The third kappa shape index (κ3) is 3.89. The minimum atomic E-state index is -0.0750. The standard InChI is InChI=1S/C24H25N5O3/c1-16-8-9-17-12-19(23-25-26-27-29(23)22(17)11-16)14-28(15-21-7-4-10-32-21)24(30)18-5-3-6-20(13-18)31-2/h3,5-6,8-9,11-13,21H,4,7,10,14-15H2,1-2H3/t21-/m0/s1. The van der Waals surface area contributed by atoms with Crippen LogP contribution in [0.3, 0.4) is 0 Å². The normalized spacial score (nSPS) is 16.0. The predicted octanol–water partition coefficient (Wildman–Crippen LogP) is 3.42. The van der Waals surface area contributed by atoms with Crippen LogP contribution in [-0.4, -0.2) is 57.2 Å². The minimum absolute atomic E-state index is 0.0275. The summed E-state index contributed by atoms with van der Waals surface area (Å²) in [5, 5.41) is 13.4. The van der Waals surface area contributed by atoms with Gasteiger partial charge in [-0.3, -0.25) is 4.79 Å². The lowest BCUT2D eigenvalue weighted by atomic mass is 10.1. The number of ether oxygens (including phenoxy) is 2. The van der Waals surface area contributed by atoms with Gasteiger partial charge in [0.25, 0.3) is 5.91 Å². The van der Waals surface area contributed by atoms with Crippen molar-refractivity contribution in [2.75, 3.05) is 20.3 Å². The molecule has 0 bridgehead atoms. The summed E-state index contributed by atoms with van der Waals surface area (Å²) in [6, 6.07) is 15.5. The van der Waals surface area contributed by atoms with Gasteiger partial charge in [0, 0.05) is 36.2 Å². The Morgan fingerprint density at radius 1 is 1.25 bits per heavy atom. The van der Waals surface area contributed by atoms with Gasteiger partial charge in [0.2, 0.25) is 0 Å². The van der Waals surface area contributed by atoms with Crippen molar-refractivity contribution in [3.63, 3.8) is 0 Å². The number of fused-ring (bicyclic) bond motifs is 3. The molecular formula is C24H25N5O3. The van der Waals surface area contributed by atoms with Gasteiger partial charge in [-0.2, -0.15) is 4.52 Å². The van der Waals surface area contributed by atoms with E-state index < -0.39 is 0 Å². The van der Waals surface area contributed by atoms with Crippen molar-refractivity contribution in [1.82, 2.24) is 24.9 Å². The summed E-state index contributed by atoms with van der Waals surface area (Å²) in [7, 11) is 1.60. The van der Waals surface area contributed by atoms with E-state index in [0.717, 1.165) is 41.5 Å². The van der Waals surface area contributed by atoms with Gasteiger partial charge in [-0.25, -0.2) is 0 Å². The molecule has 1 aliphatic rings. The average Bonchev–Trinajstić information content (AvgIpc) is 3.51. The van der Waals surface area contributed by atoms with Gasteiger partial charge in [0.1, 0.15) is 5.75 Å². The molecule has 1 aliphatic heterocycles. The molecule has 1 saturated heterocycles. The maximum Gasteiger partial charge on any atom is 0.254 e. The Morgan fingerprint density at radius 3 is 2.97 bits per heavy atom. The van der Waals surface area contributed by atoms with E-state index in [4.69, 9.17) is 9.47 Å². The van der Waals surface area contributed by atoms with Crippen LogP contribution in [0.4, 0.5) is 0 Å². The second-order valence-electron chi connectivity index (χ2n) is 8.20. The van der Waals surface area contributed by atoms with Crippen molar-refractivity contribution in [1.29, 1.82) is 0 Å². The Bertz CT molecular complexity index is 1280. The molecule has 5 rings (SSSR count). The van der Waals surface area contributed by atoms with E-state index in [1.54, 1.807) is 17.7 Å². The Hall–Kier alpha value is -3.52. The van der Waals surface area contributed by atoms with Crippen LogP contribution in [0, 0.1) is 6.92 Å². The predicted molar refractivity (Wildman–Crippen MR) is 120 cm³/mol. The lowest BCUT2D eigenvalue weighted by Gasteiger charge is -2.26. The number of carbonyl (C=O) groups is 1. The topological polar surface area (TPSA) is 81.9 Å². The van der Waals surface area contributed by atoms with Crippen LogP contribution in [0.15, 0.2) is 48.5 Å². The fourth-order valence-corrected chi connectivity index (χ4v) is 4.28. The molecule has 3 heterocycles. The zero-order valence-electron chi connectivity index (χ0n) is 18.2. The third-order valence-corrected chi connectivity index (χ3v) is 5.91. The molecule has 1 atom stereocenters. The number of amides is 1. The summed E-state index contributed by atoms with van der Waals surface area (Å²) in [5.74, 6) is 0.576. The molecule has 0 saturated carbocycles. The molecule has 164 valence electrons. The second-order valence-corrected chi connectivity index (χ2v) is 8.20. The Labute approximate surface area is 185 Å². The van der Waals surface area contributed by atoms with Crippen molar-refractivity contribution in [2.45, 2.75) is 32.4 Å². The smallest absolute Gasteiger partial charge is 0.254 e. The third-order valence-electron chi connectivity index (χ3n) is 5.91. The van der Waals surface area contributed by atoms with Crippen molar-refractivity contribution in [3.8, 4) is 5.75 Å². The molecule has 0 spiro atoms. The first-order valence-corrected chi connectivity index (χ1v) is 10.8. The van der Waals surface area contributed by atoms with E-state index >= 15 is 0 Å². The highest BCUT2D eigenvalue weighted by Crippen LogP contribution is 2.24. The molecule has 8 heteroatoms. The molecule has 4 aromatic rings.